The first-order valence-corrected chi connectivity index (χ1v) is 7.10. The Kier molecular flexibility index (Phi) is 3.19. The molecular weight excluding hydrogens is 315 g/mol. The molecule has 3 aromatic rings. The van der Waals surface area contributed by atoms with Crippen molar-refractivity contribution in [1.82, 2.24) is 4.98 Å². The Morgan fingerprint density at radius 1 is 1.17 bits per heavy atom. The summed E-state index contributed by atoms with van der Waals surface area (Å²) >= 11 is 0. The lowest BCUT2D eigenvalue weighted by atomic mass is 10.1. The molecule has 1 aromatic heterocycles. The van der Waals surface area contributed by atoms with Gasteiger partial charge in [-0.2, -0.15) is 0 Å². The van der Waals surface area contributed by atoms with E-state index in [1.54, 1.807) is 18.2 Å². The second-order valence-corrected chi connectivity index (χ2v) is 5.21. The van der Waals surface area contributed by atoms with Gasteiger partial charge in [0.15, 0.2) is 11.5 Å². The highest BCUT2D eigenvalue weighted by Gasteiger charge is 2.17. The number of ether oxygens (including phenoxy) is 2. The molecule has 0 fully saturated rings. The second kappa shape index (κ2) is 5.38. The lowest BCUT2D eigenvalue weighted by molar-refractivity contribution is 0.0697. The minimum absolute atomic E-state index is 0.00762. The zero-order chi connectivity index (χ0) is 16.7. The molecule has 0 aliphatic carbocycles. The van der Waals surface area contributed by atoms with Gasteiger partial charge in [-0.3, -0.25) is 4.98 Å². The van der Waals surface area contributed by atoms with E-state index in [2.05, 4.69) is 10.3 Å². The van der Waals surface area contributed by atoms with E-state index in [9.17, 15) is 14.3 Å². The number of carbonyl (C=O) groups is 1. The average Bonchev–Trinajstić information content (AvgIpc) is 3.02. The summed E-state index contributed by atoms with van der Waals surface area (Å²) in [6.45, 7) is 0.149. The number of benzene rings is 2. The van der Waals surface area contributed by atoms with Gasteiger partial charge in [-0.05, 0) is 24.3 Å². The Hall–Kier alpha value is -3.35. The van der Waals surface area contributed by atoms with Gasteiger partial charge in [-0.15, -0.1) is 0 Å². The number of halogens is 1. The van der Waals surface area contributed by atoms with Crippen LogP contribution >= 0.6 is 0 Å². The second-order valence-electron chi connectivity index (χ2n) is 5.21. The van der Waals surface area contributed by atoms with Crippen molar-refractivity contribution in [1.29, 1.82) is 0 Å². The molecule has 2 heterocycles. The number of nitrogens with one attached hydrogen (secondary N) is 1. The van der Waals surface area contributed by atoms with Gasteiger partial charge in [-0.1, -0.05) is 0 Å². The van der Waals surface area contributed by atoms with Crippen LogP contribution in [0.15, 0.2) is 42.6 Å². The molecule has 4 rings (SSSR count). The topological polar surface area (TPSA) is 80.7 Å². The summed E-state index contributed by atoms with van der Waals surface area (Å²) in [7, 11) is 0. The molecule has 0 saturated carbocycles. The van der Waals surface area contributed by atoms with Crippen LogP contribution in [0.4, 0.5) is 15.8 Å². The van der Waals surface area contributed by atoms with Crippen molar-refractivity contribution in [2.24, 2.45) is 0 Å². The fourth-order valence-corrected chi connectivity index (χ4v) is 2.58. The Balaban J connectivity index is 1.84. The van der Waals surface area contributed by atoms with Crippen molar-refractivity contribution in [2.45, 2.75) is 0 Å². The highest BCUT2D eigenvalue weighted by atomic mass is 19.1. The van der Waals surface area contributed by atoms with Gasteiger partial charge in [0.05, 0.1) is 11.2 Å². The van der Waals surface area contributed by atoms with Gasteiger partial charge in [0.2, 0.25) is 6.79 Å². The number of pyridine rings is 1. The zero-order valence-corrected chi connectivity index (χ0v) is 12.2. The van der Waals surface area contributed by atoms with Gasteiger partial charge in [0.25, 0.3) is 0 Å². The SMILES string of the molecule is O=C(O)c1cnc2cc(F)ccc2c1Nc1ccc2c(c1)OCO2. The molecule has 0 unspecified atom stereocenters. The van der Waals surface area contributed by atoms with Crippen LogP contribution in [0.3, 0.4) is 0 Å². The fourth-order valence-electron chi connectivity index (χ4n) is 2.58. The molecule has 2 aromatic carbocycles. The van der Waals surface area contributed by atoms with E-state index >= 15 is 0 Å². The number of rotatable bonds is 3. The maximum absolute atomic E-state index is 13.4. The molecule has 24 heavy (non-hydrogen) atoms. The maximum atomic E-state index is 13.4. The van der Waals surface area contributed by atoms with Crippen LogP contribution in [0.2, 0.25) is 0 Å². The summed E-state index contributed by atoms with van der Waals surface area (Å²) in [6.07, 6.45) is 1.21. The van der Waals surface area contributed by atoms with Crippen LogP contribution in [0.1, 0.15) is 10.4 Å². The molecule has 0 amide bonds. The van der Waals surface area contributed by atoms with E-state index in [1.165, 1.54) is 24.4 Å². The van der Waals surface area contributed by atoms with Gasteiger partial charge >= 0.3 is 5.97 Å². The number of aromatic carboxylic acids is 1. The van der Waals surface area contributed by atoms with Crippen molar-refractivity contribution < 1.29 is 23.8 Å². The first kappa shape index (κ1) is 14.3. The van der Waals surface area contributed by atoms with Crippen molar-refractivity contribution in [3.8, 4) is 11.5 Å². The third-order valence-electron chi connectivity index (χ3n) is 3.70. The first-order chi connectivity index (χ1) is 11.6. The number of anilines is 2. The molecule has 6 nitrogen and oxygen atoms in total. The smallest absolute Gasteiger partial charge is 0.339 e. The molecular formula is C17H11FN2O4. The minimum atomic E-state index is -1.13. The van der Waals surface area contributed by atoms with Crippen molar-refractivity contribution in [3.63, 3.8) is 0 Å². The Bertz CT molecular complexity index is 974. The third-order valence-corrected chi connectivity index (χ3v) is 3.70. The lowest BCUT2D eigenvalue weighted by Crippen LogP contribution is -2.05. The Morgan fingerprint density at radius 3 is 2.83 bits per heavy atom. The largest absolute Gasteiger partial charge is 0.478 e. The number of carboxylic acids is 1. The van der Waals surface area contributed by atoms with Crippen LogP contribution in [0.25, 0.3) is 10.9 Å². The van der Waals surface area contributed by atoms with Crippen LogP contribution in [0, 0.1) is 5.82 Å². The van der Waals surface area contributed by atoms with Crippen molar-refractivity contribution in [3.05, 3.63) is 54.0 Å². The van der Waals surface area contributed by atoms with Gasteiger partial charge in [0.1, 0.15) is 11.4 Å². The summed E-state index contributed by atoms with van der Waals surface area (Å²) in [5.41, 5.74) is 1.32. The van der Waals surface area contributed by atoms with E-state index in [0.717, 1.165) is 0 Å². The van der Waals surface area contributed by atoms with Gasteiger partial charge in [-0.25, -0.2) is 9.18 Å². The molecule has 120 valence electrons. The number of aromatic nitrogens is 1. The summed E-state index contributed by atoms with van der Waals surface area (Å²) in [6, 6.07) is 9.21. The average molecular weight is 326 g/mol. The number of hydrogen-bond acceptors (Lipinski definition) is 5. The van der Waals surface area contributed by atoms with Crippen LogP contribution in [0.5, 0.6) is 11.5 Å². The normalized spacial score (nSPS) is 12.4. The molecule has 1 aliphatic rings. The molecule has 1 aliphatic heterocycles. The quantitative estimate of drug-likeness (QED) is 0.766. The Morgan fingerprint density at radius 2 is 2.00 bits per heavy atom. The highest BCUT2D eigenvalue weighted by molar-refractivity contribution is 6.05. The van der Waals surface area contributed by atoms with Crippen molar-refractivity contribution >= 4 is 28.2 Å². The molecule has 0 atom stereocenters. The molecule has 0 bridgehead atoms. The Labute approximate surface area is 135 Å². The van der Waals surface area contributed by atoms with E-state index in [-0.39, 0.29) is 12.4 Å². The number of nitrogens with zero attached hydrogens (tertiary/aromatic N) is 1. The summed E-state index contributed by atoms with van der Waals surface area (Å²) in [4.78, 5) is 15.5. The maximum Gasteiger partial charge on any atom is 0.339 e. The third kappa shape index (κ3) is 2.36. The van der Waals surface area contributed by atoms with E-state index in [1.807, 2.05) is 0 Å². The summed E-state index contributed by atoms with van der Waals surface area (Å²) in [5.74, 6) is -0.369. The zero-order valence-electron chi connectivity index (χ0n) is 12.2. The fraction of sp³-hybridized carbons (Fsp3) is 0.0588. The number of fused-ring (bicyclic) bond motifs is 2. The predicted octanol–water partition coefficient (Wildman–Crippen LogP) is 3.54. The van der Waals surface area contributed by atoms with Crippen LogP contribution in [-0.4, -0.2) is 22.9 Å². The van der Waals surface area contributed by atoms with Gasteiger partial charge in [0, 0.05) is 29.4 Å². The first-order valence-electron chi connectivity index (χ1n) is 7.10. The van der Waals surface area contributed by atoms with E-state index < -0.39 is 11.8 Å². The molecule has 0 saturated heterocycles. The number of hydrogen-bond donors (Lipinski definition) is 2. The standard InChI is InChI=1S/C17H11FN2O4/c18-9-1-3-11-13(5-9)19-7-12(17(21)22)16(11)20-10-2-4-14-15(6-10)24-8-23-14/h1-7H,8H2,(H,19,20)(H,21,22). The minimum Gasteiger partial charge on any atom is -0.478 e. The van der Waals surface area contributed by atoms with Gasteiger partial charge < -0.3 is 19.9 Å². The van der Waals surface area contributed by atoms with E-state index in [4.69, 9.17) is 9.47 Å². The van der Waals surface area contributed by atoms with E-state index in [0.29, 0.717) is 33.8 Å². The highest BCUT2D eigenvalue weighted by Crippen LogP contribution is 2.36. The van der Waals surface area contributed by atoms with Crippen molar-refractivity contribution in [2.75, 3.05) is 12.1 Å². The van der Waals surface area contributed by atoms with Crippen LogP contribution < -0.4 is 14.8 Å². The summed E-state index contributed by atoms with van der Waals surface area (Å²) < 4.78 is 24.0. The monoisotopic (exact) mass is 326 g/mol. The predicted molar refractivity (Wildman–Crippen MR) is 84.5 cm³/mol. The molecule has 7 heteroatoms. The molecule has 0 radical (unpaired) electrons. The molecule has 2 N–H and O–H groups in total. The molecule has 0 spiro atoms. The number of carboxylic acid groups (broad SMARTS) is 1. The van der Waals surface area contributed by atoms with Crippen LogP contribution in [-0.2, 0) is 0 Å². The summed E-state index contributed by atoms with van der Waals surface area (Å²) in [5, 5.41) is 13.0. The lowest BCUT2D eigenvalue weighted by Gasteiger charge is -2.13.